The van der Waals surface area contributed by atoms with Gasteiger partial charge in [-0.2, -0.15) is 0 Å². The van der Waals surface area contributed by atoms with Crippen molar-refractivity contribution >= 4 is 17.9 Å². The second kappa shape index (κ2) is 69.6. The van der Waals surface area contributed by atoms with Crippen LogP contribution in [0.4, 0.5) is 0 Å². The molecule has 0 saturated carbocycles. The number of nitrogens with zero attached hydrogens (tertiary/aromatic N) is 1. The van der Waals surface area contributed by atoms with Gasteiger partial charge in [-0.05, 0) is 109 Å². The number of carbonyl (C=O) groups is 3. The quantitative estimate of drug-likeness (QED) is 0.0211. The van der Waals surface area contributed by atoms with Crippen LogP contribution in [0.2, 0.25) is 0 Å². The average Bonchev–Trinajstić information content (AvgIpc) is 3.64. The van der Waals surface area contributed by atoms with Crippen LogP contribution < -0.4 is 0 Å². The number of carboxylic acid groups (broad SMARTS) is 1. The van der Waals surface area contributed by atoms with Gasteiger partial charge in [0.05, 0.1) is 34.4 Å². The minimum atomic E-state index is -1.52. The van der Waals surface area contributed by atoms with Gasteiger partial charge in [0.1, 0.15) is 13.2 Å². The Labute approximate surface area is 548 Å². The number of quaternary nitrogens is 1. The highest BCUT2D eigenvalue weighted by molar-refractivity contribution is 5.71. The van der Waals surface area contributed by atoms with Crippen molar-refractivity contribution in [3.63, 3.8) is 0 Å². The molecular formula is C80H138NO8+. The topological polar surface area (TPSA) is 108 Å². The molecule has 0 heterocycles. The summed E-state index contributed by atoms with van der Waals surface area (Å²) in [6.45, 7) is 4.77. The number of carboxylic acids is 1. The Morgan fingerprint density at radius 1 is 0.348 bits per heavy atom. The number of likely N-dealkylation sites (N-methyl/N-ethyl adjacent to an activating group) is 1. The molecule has 2 atom stereocenters. The van der Waals surface area contributed by atoms with Gasteiger partial charge in [-0.15, -0.1) is 0 Å². The summed E-state index contributed by atoms with van der Waals surface area (Å²) in [4.78, 5) is 37.7. The standard InChI is InChI=1S/C80H137NO8/c1-6-8-10-12-14-16-18-20-22-24-26-28-30-32-34-36-37-38-39-40-41-43-45-47-49-51-53-55-57-59-61-63-65-67-69-71-78(83)89-76(75-88-80(79(84)85)86-73-72-81(3,4)5)74-87-77(82)70-68-66-64-62-60-58-56-54-52-50-48-46-44-42-35-33-31-29-27-25-23-21-19-17-15-13-11-9-7-2/h8,10,14,16,19-22,25-28,32,34,37-38,40-41,45,47,76,80H,6-7,9,11-13,15,17-18,23-24,29-31,33,35-36,39,42-44,46,48-75H2,1-5H3/p+1/b10-8-,16-14-,21-19-,22-20-,27-25-,28-26-,34-32-,38-37-,41-40-,47-45-. The normalized spacial score (nSPS) is 13.4. The highest BCUT2D eigenvalue weighted by Crippen LogP contribution is 2.17. The van der Waals surface area contributed by atoms with Gasteiger partial charge >= 0.3 is 17.9 Å². The molecule has 0 saturated heterocycles. The minimum Gasteiger partial charge on any atom is -0.477 e. The second-order valence-corrected chi connectivity index (χ2v) is 25.5. The smallest absolute Gasteiger partial charge is 0.361 e. The van der Waals surface area contributed by atoms with E-state index in [-0.39, 0.29) is 32.2 Å². The molecule has 0 aromatic carbocycles. The molecule has 2 unspecified atom stereocenters. The van der Waals surface area contributed by atoms with Crippen LogP contribution in [0.5, 0.6) is 0 Å². The fourth-order valence-electron chi connectivity index (χ4n) is 10.1. The lowest BCUT2D eigenvalue weighted by molar-refractivity contribution is -0.870. The molecule has 510 valence electrons. The molecular weight excluding hydrogens is 1100 g/mol. The average molecular weight is 1240 g/mol. The summed E-state index contributed by atoms with van der Waals surface area (Å²) in [6.07, 6.45) is 96.0. The number of allylic oxidation sites excluding steroid dienone is 20. The molecule has 1 N–H and O–H groups in total. The third-order valence-electron chi connectivity index (χ3n) is 15.7. The second-order valence-electron chi connectivity index (χ2n) is 25.5. The van der Waals surface area contributed by atoms with Crippen LogP contribution in [0.3, 0.4) is 0 Å². The lowest BCUT2D eigenvalue weighted by atomic mass is 10.0. The molecule has 9 nitrogen and oxygen atoms in total. The predicted molar refractivity (Wildman–Crippen MR) is 382 cm³/mol. The first-order valence-electron chi connectivity index (χ1n) is 36.7. The van der Waals surface area contributed by atoms with Gasteiger partial charge in [-0.3, -0.25) is 9.59 Å². The molecule has 89 heavy (non-hydrogen) atoms. The van der Waals surface area contributed by atoms with Crippen molar-refractivity contribution in [1.29, 1.82) is 0 Å². The van der Waals surface area contributed by atoms with E-state index < -0.39 is 24.3 Å². The Balaban J connectivity index is 4.13. The highest BCUT2D eigenvalue weighted by atomic mass is 16.7. The Hall–Kier alpha value is -4.31. The van der Waals surface area contributed by atoms with Crippen molar-refractivity contribution in [2.75, 3.05) is 47.5 Å². The van der Waals surface area contributed by atoms with Crippen LogP contribution in [0.15, 0.2) is 122 Å². The summed E-state index contributed by atoms with van der Waals surface area (Å²) < 4.78 is 23.0. The Morgan fingerprint density at radius 2 is 0.640 bits per heavy atom. The fraction of sp³-hybridized carbons (Fsp3) is 0.713. The van der Waals surface area contributed by atoms with Crippen molar-refractivity contribution in [3.8, 4) is 0 Å². The fourth-order valence-corrected chi connectivity index (χ4v) is 10.1. The number of esters is 2. The minimum absolute atomic E-state index is 0.183. The van der Waals surface area contributed by atoms with E-state index in [9.17, 15) is 19.5 Å². The van der Waals surface area contributed by atoms with Crippen LogP contribution in [0.1, 0.15) is 309 Å². The molecule has 0 aliphatic rings. The van der Waals surface area contributed by atoms with Crippen molar-refractivity contribution < 1.29 is 42.9 Å². The van der Waals surface area contributed by atoms with Crippen LogP contribution in [-0.2, 0) is 33.3 Å². The predicted octanol–water partition coefficient (Wildman–Crippen LogP) is 23.1. The summed E-state index contributed by atoms with van der Waals surface area (Å²) >= 11 is 0. The summed E-state index contributed by atoms with van der Waals surface area (Å²) in [5.41, 5.74) is 0. The van der Waals surface area contributed by atoms with Crippen molar-refractivity contribution in [3.05, 3.63) is 122 Å². The molecule has 0 aromatic heterocycles. The number of hydrogen-bond acceptors (Lipinski definition) is 7. The number of hydrogen-bond donors (Lipinski definition) is 1. The van der Waals surface area contributed by atoms with Crippen LogP contribution in [0, 0.1) is 0 Å². The number of ether oxygens (including phenoxy) is 4. The van der Waals surface area contributed by atoms with E-state index in [0.29, 0.717) is 23.9 Å². The van der Waals surface area contributed by atoms with E-state index in [4.69, 9.17) is 18.9 Å². The molecule has 0 aromatic rings. The van der Waals surface area contributed by atoms with E-state index in [1.54, 1.807) is 0 Å². The maximum Gasteiger partial charge on any atom is 0.361 e. The Bertz CT molecular complexity index is 1880. The van der Waals surface area contributed by atoms with Crippen molar-refractivity contribution in [2.45, 2.75) is 322 Å². The molecule has 0 fully saturated rings. The van der Waals surface area contributed by atoms with E-state index in [1.165, 1.54) is 173 Å². The summed E-state index contributed by atoms with van der Waals surface area (Å²) in [6, 6.07) is 0. The van der Waals surface area contributed by atoms with Crippen LogP contribution >= 0.6 is 0 Å². The number of aliphatic carboxylic acids is 1. The number of rotatable bonds is 67. The zero-order valence-corrected chi connectivity index (χ0v) is 58.3. The van der Waals surface area contributed by atoms with Gasteiger partial charge in [-0.1, -0.05) is 309 Å². The molecule has 0 spiro atoms. The molecule has 9 heteroatoms. The zero-order chi connectivity index (χ0) is 64.7. The van der Waals surface area contributed by atoms with Gasteiger partial charge in [0, 0.05) is 12.8 Å². The Morgan fingerprint density at radius 3 is 0.955 bits per heavy atom. The Kier molecular flexibility index (Phi) is 66.2. The molecule has 0 aliphatic carbocycles. The first-order valence-corrected chi connectivity index (χ1v) is 36.7. The van der Waals surface area contributed by atoms with E-state index in [2.05, 4.69) is 135 Å². The molecule has 0 bridgehead atoms. The zero-order valence-electron chi connectivity index (χ0n) is 58.3. The molecule has 0 amide bonds. The van der Waals surface area contributed by atoms with Gasteiger partial charge in [0.15, 0.2) is 6.10 Å². The van der Waals surface area contributed by atoms with Gasteiger partial charge < -0.3 is 28.5 Å². The van der Waals surface area contributed by atoms with E-state index in [1.807, 2.05) is 21.1 Å². The summed E-state index contributed by atoms with van der Waals surface area (Å²) in [5, 5.41) is 9.76. The van der Waals surface area contributed by atoms with Gasteiger partial charge in [-0.25, -0.2) is 4.79 Å². The van der Waals surface area contributed by atoms with Gasteiger partial charge in [0.2, 0.25) is 0 Å². The van der Waals surface area contributed by atoms with Gasteiger partial charge in [0.25, 0.3) is 6.29 Å². The van der Waals surface area contributed by atoms with E-state index >= 15 is 0 Å². The highest BCUT2D eigenvalue weighted by Gasteiger charge is 2.25. The van der Waals surface area contributed by atoms with Crippen LogP contribution in [0.25, 0.3) is 0 Å². The number of carbonyl (C=O) groups excluding carboxylic acids is 2. The third kappa shape index (κ3) is 71.0. The first-order chi connectivity index (χ1) is 43.6. The summed E-state index contributed by atoms with van der Waals surface area (Å²) in [7, 11) is 5.98. The largest absolute Gasteiger partial charge is 0.477 e. The molecule has 0 rings (SSSR count). The van der Waals surface area contributed by atoms with E-state index in [0.717, 1.165) is 103 Å². The maximum atomic E-state index is 13.0. The maximum absolute atomic E-state index is 13.0. The SMILES string of the molecule is CC/C=C\C/C=C\C/C=C\C/C=C\C/C=C\C/C=C\C/C=C\C/C=C\CCCCCCCCCCCCC(=O)OC(COC(=O)CCCCCCCCCCCCCCCCCCC/C=C\C/C=C\CCCCCCC)COC(OCC[N+](C)(C)C)C(=O)O. The van der Waals surface area contributed by atoms with Crippen molar-refractivity contribution in [1.82, 2.24) is 0 Å². The monoisotopic (exact) mass is 1240 g/mol. The van der Waals surface area contributed by atoms with Crippen LogP contribution in [-0.4, -0.2) is 87.4 Å². The lowest BCUT2D eigenvalue weighted by Gasteiger charge is -2.25. The number of unbranched alkanes of at least 4 members (excludes halogenated alkanes) is 32. The molecule has 0 aliphatic heterocycles. The lowest BCUT2D eigenvalue weighted by Crippen LogP contribution is -2.40. The third-order valence-corrected chi connectivity index (χ3v) is 15.7. The molecule has 0 radical (unpaired) electrons. The summed E-state index contributed by atoms with van der Waals surface area (Å²) in [5.74, 6) is -2.01. The first kappa shape index (κ1) is 84.7. The van der Waals surface area contributed by atoms with Crippen molar-refractivity contribution in [2.24, 2.45) is 0 Å².